The van der Waals surface area contributed by atoms with E-state index in [0.717, 1.165) is 6.07 Å². The van der Waals surface area contributed by atoms with Crippen molar-refractivity contribution in [2.45, 2.75) is 13.3 Å². The average molecular weight is 201 g/mol. The van der Waals surface area contributed by atoms with Gasteiger partial charge in [-0.05, 0) is 13.0 Å². The van der Waals surface area contributed by atoms with Crippen LogP contribution in [0.1, 0.15) is 28.2 Å². The van der Waals surface area contributed by atoms with Crippen molar-refractivity contribution in [2.75, 3.05) is 5.73 Å². The fourth-order valence-electron chi connectivity index (χ4n) is 1.00. The summed E-state index contributed by atoms with van der Waals surface area (Å²) >= 11 is 0. The molecule has 0 unspecified atom stereocenters. The molecular weight excluding hydrogens is 192 g/mol. The van der Waals surface area contributed by atoms with Gasteiger partial charge in [0.05, 0.1) is 16.9 Å². The van der Waals surface area contributed by atoms with Gasteiger partial charge in [0.25, 0.3) is 12.3 Å². The first-order chi connectivity index (χ1) is 6.43. The van der Waals surface area contributed by atoms with Crippen LogP contribution >= 0.6 is 0 Å². The highest BCUT2D eigenvalue weighted by molar-refractivity contribution is 5.92. The number of hydrogen-bond donors (Lipinski definition) is 2. The van der Waals surface area contributed by atoms with Crippen LogP contribution < -0.4 is 11.5 Å². The van der Waals surface area contributed by atoms with E-state index >= 15 is 0 Å². The zero-order valence-corrected chi connectivity index (χ0v) is 7.42. The number of halogens is 2. The Morgan fingerprint density at radius 3 is 2.57 bits per heavy atom. The molecule has 4 nitrogen and oxygen atoms in total. The number of aryl methyl sites for hydroxylation is 1. The summed E-state index contributed by atoms with van der Waals surface area (Å²) in [5.74, 6) is -0.983. The minimum atomic E-state index is -2.81. The number of rotatable bonds is 2. The molecule has 6 heteroatoms. The molecule has 14 heavy (non-hydrogen) atoms. The first-order valence-corrected chi connectivity index (χ1v) is 3.78. The minimum Gasteiger partial charge on any atom is -0.397 e. The van der Waals surface area contributed by atoms with Crippen molar-refractivity contribution in [3.63, 3.8) is 0 Å². The SMILES string of the molecule is Cc1nc(C(N)=O)c(C(F)F)cc1N. The normalized spacial score (nSPS) is 10.6. The second-order valence-electron chi connectivity index (χ2n) is 2.77. The number of anilines is 1. The van der Waals surface area contributed by atoms with Crippen molar-refractivity contribution in [3.8, 4) is 0 Å². The van der Waals surface area contributed by atoms with Crippen molar-refractivity contribution in [1.82, 2.24) is 4.98 Å². The van der Waals surface area contributed by atoms with Gasteiger partial charge in [-0.3, -0.25) is 4.79 Å². The van der Waals surface area contributed by atoms with Gasteiger partial charge >= 0.3 is 0 Å². The molecule has 0 fully saturated rings. The molecule has 0 aliphatic heterocycles. The molecule has 1 amide bonds. The van der Waals surface area contributed by atoms with Crippen molar-refractivity contribution in [3.05, 3.63) is 23.0 Å². The third kappa shape index (κ3) is 1.78. The number of aromatic nitrogens is 1. The lowest BCUT2D eigenvalue weighted by Gasteiger charge is -2.07. The van der Waals surface area contributed by atoms with E-state index in [2.05, 4.69) is 4.98 Å². The van der Waals surface area contributed by atoms with Crippen molar-refractivity contribution in [1.29, 1.82) is 0 Å². The summed E-state index contributed by atoms with van der Waals surface area (Å²) in [5, 5.41) is 0. The monoisotopic (exact) mass is 201 g/mol. The summed E-state index contributed by atoms with van der Waals surface area (Å²) < 4.78 is 24.8. The lowest BCUT2D eigenvalue weighted by atomic mass is 10.1. The Hall–Kier alpha value is -1.72. The Morgan fingerprint density at radius 2 is 2.14 bits per heavy atom. The highest BCUT2D eigenvalue weighted by Crippen LogP contribution is 2.24. The maximum Gasteiger partial charge on any atom is 0.267 e. The smallest absolute Gasteiger partial charge is 0.267 e. The summed E-state index contributed by atoms with van der Waals surface area (Å²) in [7, 11) is 0. The van der Waals surface area contributed by atoms with Crippen molar-refractivity contribution < 1.29 is 13.6 Å². The highest BCUT2D eigenvalue weighted by atomic mass is 19.3. The zero-order valence-electron chi connectivity index (χ0n) is 7.42. The Bertz CT molecular complexity index is 379. The van der Waals surface area contributed by atoms with E-state index in [-0.39, 0.29) is 5.69 Å². The number of amides is 1. The van der Waals surface area contributed by atoms with Crippen LogP contribution in [-0.2, 0) is 0 Å². The Kier molecular flexibility index (Phi) is 2.64. The predicted octanol–water partition coefficient (Wildman–Crippen LogP) is 1.01. The molecule has 1 heterocycles. The fraction of sp³-hybridized carbons (Fsp3) is 0.250. The zero-order chi connectivity index (χ0) is 10.9. The van der Waals surface area contributed by atoms with Crippen LogP contribution in [-0.4, -0.2) is 10.9 Å². The van der Waals surface area contributed by atoms with E-state index in [1.165, 1.54) is 6.92 Å². The van der Waals surface area contributed by atoms with Gasteiger partial charge in [-0.15, -0.1) is 0 Å². The van der Waals surface area contributed by atoms with Crippen LogP contribution in [0, 0.1) is 6.92 Å². The summed E-state index contributed by atoms with van der Waals surface area (Å²) in [5.41, 5.74) is 9.75. The summed E-state index contributed by atoms with van der Waals surface area (Å²) in [4.78, 5) is 14.4. The molecule has 0 spiro atoms. The Labute approximate surface area is 78.9 Å². The predicted molar refractivity (Wildman–Crippen MR) is 46.9 cm³/mol. The Morgan fingerprint density at radius 1 is 1.57 bits per heavy atom. The van der Waals surface area contributed by atoms with Gasteiger partial charge in [-0.2, -0.15) is 0 Å². The van der Waals surface area contributed by atoms with Gasteiger partial charge in [0.2, 0.25) is 0 Å². The number of nitrogen functional groups attached to an aromatic ring is 1. The van der Waals surface area contributed by atoms with Gasteiger partial charge in [0.15, 0.2) is 0 Å². The molecule has 1 aromatic rings. The van der Waals surface area contributed by atoms with E-state index in [9.17, 15) is 13.6 Å². The van der Waals surface area contributed by atoms with Crippen LogP contribution in [0.4, 0.5) is 14.5 Å². The van der Waals surface area contributed by atoms with Crippen LogP contribution in [0.2, 0.25) is 0 Å². The van der Waals surface area contributed by atoms with Gasteiger partial charge in [-0.25, -0.2) is 13.8 Å². The molecule has 0 saturated carbocycles. The van der Waals surface area contributed by atoms with Crippen LogP contribution in [0.15, 0.2) is 6.07 Å². The molecule has 4 N–H and O–H groups in total. The number of nitrogens with two attached hydrogens (primary N) is 2. The number of nitrogens with zero attached hydrogens (tertiary/aromatic N) is 1. The van der Waals surface area contributed by atoms with E-state index in [1.807, 2.05) is 0 Å². The molecule has 1 aromatic heterocycles. The van der Waals surface area contributed by atoms with Gasteiger partial charge in [0, 0.05) is 0 Å². The van der Waals surface area contributed by atoms with Gasteiger partial charge < -0.3 is 11.5 Å². The summed E-state index contributed by atoms with van der Waals surface area (Å²) in [6, 6.07) is 1.02. The molecule has 0 aromatic carbocycles. The Balaban J connectivity index is 3.39. The van der Waals surface area contributed by atoms with Gasteiger partial charge in [0.1, 0.15) is 5.69 Å². The summed E-state index contributed by atoms with van der Waals surface area (Å²) in [6.07, 6.45) is -2.81. The molecule has 0 saturated heterocycles. The second kappa shape index (κ2) is 3.57. The van der Waals surface area contributed by atoms with E-state index in [4.69, 9.17) is 11.5 Å². The molecule has 0 atom stereocenters. The third-order valence-electron chi connectivity index (χ3n) is 1.75. The molecule has 0 aliphatic rings. The first-order valence-electron chi connectivity index (χ1n) is 3.78. The third-order valence-corrected chi connectivity index (χ3v) is 1.75. The number of primary amides is 1. The van der Waals surface area contributed by atoms with E-state index in [0.29, 0.717) is 5.69 Å². The maximum atomic E-state index is 12.4. The number of hydrogen-bond acceptors (Lipinski definition) is 3. The highest BCUT2D eigenvalue weighted by Gasteiger charge is 2.19. The first kappa shape index (κ1) is 10.4. The standard InChI is InChI=1S/C8H9F2N3O/c1-3-5(11)2-4(7(9)10)6(13-3)8(12)14/h2,7H,11H2,1H3,(H2,12,14). The van der Waals surface area contributed by atoms with Gasteiger partial charge in [-0.1, -0.05) is 0 Å². The topological polar surface area (TPSA) is 82.0 Å². The minimum absolute atomic E-state index is 0.116. The molecular formula is C8H9F2N3O. The molecule has 76 valence electrons. The van der Waals surface area contributed by atoms with E-state index < -0.39 is 23.6 Å². The lowest BCUT2D eigenvalue weighted by molar-refractivity contribution is 0.0980. The molecule has 0 bridgehead atoms. The van der Waals surface area contributed by atoms with Crippen molar-refractivity contribution in [2.24, 2.45) is 5.73 Å². The maximum absolute atomic E-state index is 12.4. The number of carbonyl (C=O) groups is 1. The average Bonchev–Trinajstić information content (AvgIpc) is 2.08. The number of carbonyl (C=O) groups excluding carboxylic acids is 1. The van der Waals surface area contributed by atoms with Crippen LogP contribution in [0.25, 0.3) is 0 Å². The fourth-order valence-corrected chi connectivity index (χ4v) is 1.00. The lowest BCUT2D eigenvalue weighted by Crippen LogP contribution is -2.17. The largest absolute Gasteiger partial charge is 0.397 e. The van der Waals surface area contributed by atoms with Crippen LogP contribution in [0.5, 0.6) is 0 Å². The van der Waals surface area contributed by atoms with Crippen LogP contribution in [0.3, 0.4) is 0 Å². The summed E-state index contributed by atoms with van der Waals surface area (Å²) in [6.45, 7) is 1.51. The van der Waals surface area contributed by atoms with E-state index in [1.54, 1.807) is 0 Å². The molecule has 0 aliphatic carbocycles. The molecule has 0 radical (unpaired) electrons. The quantitative estimate of drug-likeness (QED) is 0.749. The van der Waals surface area contributed by atoms with Crippen molar-refractivity contribution >= 4 is 11.6 Å². The number of alkyl halides is 2. The molecule has 1 rings (SSSR count). The second-order valence-corrected chi connectivity index (χ2v) is 2.77. The number of pyridine rings is 1.